The van der Waals surface area contributed by atoms with E-state index >= 15 is 0 Å². The van der Waals surface area contributed by atoms with Gasteiger partial charge in [-0.15, -0.1) is 0 Å². The summed E-state index contributed by atoms with van der Waals surface area (Å²) < 4.78 is 22.9. The molecule has 1 amide bonds. The molecule has 1 rings (SSSR count). The molecule has 106 valence electrons. The highest BCUT2D eigenvalue weighted by atomic mass is 32.2. The predicted octanol–water partition coefficient (Wildman–Crippen LogP) is 1.33. The van der Waals surface area contributed by atoms with E-state index in [0.717, 1.165) is 5.69 Å². The van der Waals surface area contributed by atoms with Gasteiger partial charge in [-0.1, -0.05) is 0 Å². The smallest absolute Gasteiger partial charge is 0.252 e. The first-order valence-corrected chi connectivity index (χ1v) is 7.72. The number of aromatic nitrogens is 1. The highest BCUT2D eigenvalue weighted by molar-refractivity contribution is 7.92. The lowest BCUT2D eigenvalue weighted by Crippen LogP contribution is -2.36. The van der Waals surface area contributed by atoms with Crippen molar-refractivity contribution in [3.05, 3.63) is 29.6 Å². The molecular formula is C13H20N2O3S. The van der Waals surface area contributed by atoms with Crippen molar-refractivity contribution in [1.29, 1.82) is 0 Å². The molecule has 1 N–H and O–H groups in total. The largest absolute Gasteiger partial charge is 0.351 e. The van der Waals surface area contributed by atoms with Gasteiger partial charge in [0.15, 0.2) is 9.84 Å². The molecule has 0 spiro atoms. The molecule has 19 heavy (non-hydrogen) atoms. The zero-order valence-electron chi connectivity index (χ0n) is 11.7. The molecular weight excluding hydrogens is 264 g/mol. The number of carbonyl (C=O) groups is 1. The van der Waals surface area contributed by atoms with Gasteiger partial charge in [-0.25, -0.2) is 8.42 Å². The molecule has 0 unspecified atom stereocenters. The number of nitrogens with zero attached hydrogens (tertiary/aromatic N) is 1. The fourth-order valence-electron chi connectivity index (χ4n) is 1.31. The van der Waals surface area contributed by atoms with Crippen molar-refractivity contribution in [1.82, 2.24) is 10.3 Å². The monoisotopic (exact) mass is 284 g/mol. The Morgan fingerprint density at radius 1 is 1.32 bits per heavy atom. The van der Waals surface area contributed by atoms with Gasteiger partial charge in [0.05, 0.1) is 16.1 Å². The Morgan fingerprint density at radius 3 is 2.42 bits per heavy atom. The van der Waals surface area contributed by atoms with E-state index < -0.39 is 14.6 Å². The maximum Gasteiger partial charge on any atom is 0.252 e. The van der Waals surface area contributed by atoms with E-state index in [4.69, 9.17) is 0 Å². The second kappa shape index (κ2) is 5.69. The average molecular weight is 284 g/mol. The molecule has 0 aromatic carbocycles. The summed E-state index contributed by atoms with van der Waals surface area (Å²) in [5.74, 6) is -0.377. The Morgan fingerprint density at radius 2 is 1.95 bits per heavy atom. The normalized spacial score (nSPS) is 12.2. The Hall–Kier alpha value is -1.43. The van der Waals surface area contributed by atoms with E-state index in [9.17, 15) is 13.2 Å². The number of carbonyl (C=O) groups excluding carboxylic acids is 1. The van der Waals surface area contributed by atoms with Crippen LogP contribution >= 0.6 is 0 Å². The zero-order valence-corrected chi connectivity index (χ0v) is 12.5. The summed E-state index contributed by atoms with van der Waals surface area (Å²) >= 11 is 0. The second-order valence-corrected chi connectivity index (χ2v) is 8.24. The second-order valence-electron chi connectivity index (χ2n) is 5.38. The molecule has 0 fully saturated rings. The summed E-state index contributed by atoms with van der Waals surface area (Å²) in [5.41, 5.74) is 1.26. The SMILES string of the molecule is Cc1ccc(C(=O)NCCS(=O)(=O)C(C)(C)C)cn1. The molecule has 0 radical (unpaired) electrons. The van der Waals surface area contributed by atoms with Crippen LogP contribution in [0.3, 0.4) is 0 Å². The molecule has 0 bridgehead atoms. The summed E-state index contributed by atoms with van der Waals surface area (Å²) in [6.07, 6.45) is 1.48. The average Bonchev–Trinajstić information content (AvgIpc) is 2.28. The lowest BCUT2D eigenvalue weighted by Gasteiger charge is -2.19. The minimum atomic E-state index is -3.21. The maximum atomic E-state index is 11.9. The van der Waals surface area contributed by atoms with Crippen molar-refractivity contribution in [2.45, 2.75) is 32.4 Å². The topological polar surface area (TPSA) is 76.1 Å². The lowest BCUT2D eigenvalue weighted by atomic mass is 10.2. The first kappa shape index (κ1) is 15.6. The quantitative estimate of drug-likeness (QED) is 0.905. The molecule has 1 heterocycles. The van der Waals surface area contributed by atoms with Crippen molar-refractivity contribution >= 4 is 15.7 Å². The van der Waals surface area contributed by atoms with Crippen LogP contribution in [0.5, 0.6) is 0 Å². The number of amides is 1. The third kappa shape index (κ3) is 4.31. The van der Waals surface area contributed by atoms with Crippen LogP contribution in [0.25, 0.3) is 0 Å². The van der Waals surface area contributed by atoms with Crippen LogP contribution in [-0.4, -0.2) is 36.4 Å². The molecule has 0 atom stereocenters. The van der Waals surface area contributed by atoms with Crippen LogP contribution in [-0.2, 0) is 9.84 Å². The summed E-state index contributed by atoms with van der Waals surface area (Å²) in [5, 5.41) is 2.59. The maximum absolute atomic E-state index is 11.9. The molecule has 5 nitrogen and oxygen atoms in total. The van der Waals surface area contributed by atoms with Crippen molar-refractivity contribution < 1.29 is 13.2 Å². The van der Waals surface area contributed by atoms with Gasteiger partial charge < -0.3 is 5.32 Å². The number of hydrogen-bond acceptors (Lipinski definition) is 4. The standard InChI is InChI=1S/C13H20N2O3S/c1-10-5-6-11(9-15-10)12(16)14-7-8-19(17,18)13(2,3)4/h5-6,9H,7-8H2,1-4H3,(H,14,16). The van der Waals surface area contributed by atoms with E-state index in [2.05, 4.69) is 10.3 Å². The highest BCUT2D eigenvalue weighted by Gasteiger charge is 2.28. The minimum absolute atomic E-state index is 0.0679. The predicted molar refractivity (Wildman–Crippen MR) is 74.8 cm³/mol. The van der Waals surface area contributed by atoms with Crippen LogP contribution < -0.4 is 5.32 Å². The third-order valence-corrected chi connectivity index (χ3v) is 5.37. The van der Waals surface area contributed by atoms with Crippen molar-refractivity contribution in [3.8, 4) is 0 Å². The molecule has 0 aliphatic carbocycles. The van der Waals surface area contributed by atoms with Gasteiger partial charge in [0.1, 0.15) is 0 Å². The van der Waals surface area contributed by atoms with Crippen molar-refractivity contribution in [3.63, 3.8) is 0 Å². The van der Waals surface area contributed by atoms with E-state index in [0.29, 0.717) is 5.56 Å². The molecule has 0 aliphatic rings. The number of pyridine rings is 1. The Bertz CT molecular complexity index is 542. The van der Waals surface area contributed by atoms with Crippen molar-refractivity contribution in [2.75, 3.05) is 12.3 Å². The number of hydrogen-bond donors (Lipinski definition) is 1. The number of nitrogens with one attached hydrogen (secondary N) is 1. The molecule has 6 heteroatoms. The van der Waals surface area contributed by atoms with Gasteiger partial charge in [0, 0.05) is 18.4 Å². The third-order valence-electron chi connectivity index (χ3n) is 2.76. The van der Waals surface area contributed by atoms with E-state index in [1.54, 1.807) is 32.9 Å². The van der Waals surface area contributed by atoms with Crippen LogP contribution in [0.15, 0.2) is 18.3 Å². The van der Waals surface area contributed by atoms with E-state index in [1.807, 2.05) is 6.92 Å². The molecule has 1 aromatic rings. The summed E-state index contributed by atoms with van der Waals surface area (Å²) in [7, 11) is -3.21. The first-order chi connectivity index (χ1) is 8.63. The number of rotatable bonds is 4. The molecule has 0 aliphatic heterocycles. The highest BCUT2D eigenvalue weighted by Crippen LogP contribution is 2.15. The summed E-state index contributed by atoms with van der Waals surface area (Å²) in [6.45, 7) is 6.88. The van der Waals surface area contributed by atoms with Gasteiger partial charge in [-0.05, 0) is 39.8 Å². The fraction of sp³-hybridized carbons (Fsp3) is 0.538. The van der Waals surface area contributed by atoms with Crippen molar-refractivity contribution in [2.24, 2.45) is 0 Å². The van der Waals surface area contributed by atoms with E-state index in [-0.39, 0.29) is 18.2 Å². The Balaban J connectivity index is 2.55. The lowest BCUT2D eigenvalue weighted by molar-refractivity contribution is 0.0955. The molecule has 1 aromatic heterocycles. The molecule has 0 saturated carbocycles. The summed E-state index contributed by atoms with van der Waals surface area (Å²) in [4.78, 5) is 15.8. The van der Waals surface area contributed by atoms with E-state index in [1.165, 1.54) is 6.20 Å². The van der Waals surface area contributed by atoms with Gasteiger partial charge in [-0.2, -0.15) is 0 Å². The summed E-state index contributed by atoms with van der Waals surface area (Å²) in [6, 6.07) is 3.40. The fourth-order valence-corrected chi connectivity index (χ4v) is 2.29. The number of sulfone groups is 1. The molecule has 0 saturated heterocycles. The van der Waals surface area contributed by atoms with Crippen LogP contribution in [0.2, 0.25) is 0 Å². The van der Waals surface area contributed by atoms with Crippen LogP contribution in [0.4, 0.5) is 0 Å². The Labute approximate surface area is 114 Å². The van der Waals surface area contributed by atoms with Gasteiger partial charge in [-0.3, -0.25) is 9.78 Å². The van der Waals surface area contributed by atoms with Crippen LogP contribution in [0, 0.1) is 6.92 Å². The Kier molecular flexibility index (Phi) is 4.68. The van der Waals surface area contributed by atoms with Gasteiger partial charge in [0.25, 0.3) is 5.91 Å². The minimum Gasteiger partial charge on any atom is -0.351 e. The first-order valence-electron chi connectivity index (χ1n) is 6.06. The zero-order chi connectivity index (χ0) is 14.7. The van der Waals surface area contributed by atoms with Gasteiger partial charge >= 0.3 is 0 Å². The van der Waals surface area contributed by atoms with Gasteiger partial charge in [0.2, 0.25) is 0 Å². The van der Waals surface area contributed by atoms with Crippen LogP contribution in [0.1, 0.15) is 36.8 Å². The number of aryl methyl sites for hydroxylation is 1.